The average molecular weight is 947 g/mol. The van der Waals surface area contributed by atoms with Crippen LogP contribution in [0.15, 0.2) is 24.3 Å². The molecular formula is C51H95O13P. The van der Waals surface area contributed by atoms with Gasteiger partial charge in [-0.25, -0.2) is 4.57 Å². The number of aliphatic hydroxyl groups excluding tert-OH is 5. The van der Waals surface area contributed by atoms with Crippen molar-refractivity contribution in [3.05, 3.63) is 24.3 Å². The lowest BCUT2D eigenvalue weighted by molar-refractivity contribution is -0.220. The van der Waals surface area contributed by atoms with Crippen LogP contribution in [0.1, 0.15) is 232 Å². The molecule has 13 nitrogen and oxygen atoms in total. The number of unbranched alkanes of at least 4 members (excludes halogenated alkanes) is 29. The molecule has 0 aromatic heterocycles. The summed E-state index contributed by atoms with van der Waals surface area (Å²) in [5, 5.41) is 50.2. The molecule has 6 unspecified atom stereocenters. The third-order valence-electron chi connectivity index (χ3n) is 12.3. The Balaban J connectivity index is 2.37. The fourth-order valence-electron chi connectivity index (χ4n) is 8.10. The van der Waals surface area contributed by atoms with Crippen LogP contribution in [0.2, 0.25) is 0 Å². The molecule has 0 aliphatic heterocycles. The highest BCUT2D eigenvalue weighted by molar-refractivity contribution is 7.47. The second kappa shape index (κ2) is 41.3. The van der Waals surface area contributed by atoms with Crippen LogP contribution in [0.3, 0.4) is 0 Å². The van der Waals surface area contributed by atoms with Crippen LogP contribution < -0.4 is 0 Å². The molecule has 0 spiro atoms. The number of phosphoric ester groups is 1. The minimum absolute atomic E-state index is 0.0820. The van der Waals surface area contributed by atoms with Crippen molar-refractivity contribution in [3.8, 4) is 0 Å². The monoisotopic (exact) mass is 947 g/mol. The second-order valence-electron chi connectivity index (χ2n) is 18.4. The van der Waals surface area contributed by atoms with Gasteiger partial charge in [0.15, 0.2) is 6.10 Å². The van der Waals surface area contributed by atoms with Gasteiger partial charge in [-0.3, -0.25) is 18.6 Å². The summed E-state index contributed by atoms with van der Waals surface area (Å²) < 4.78 is 33.6. The van der Waals surface area contributed by atoms with Crippen molar-refractivity contribution in [2.24, 2.45) is 0 Å². The molecule has 65 heavy (non-hydrogen) atoms. The Morgan fingerprint density at radius 2 is 0.815 bits per heavy atom. The summed E-state index contributed by atoms with van der Waals surface area (Å²) in [6.45, 7) is 3.30. The number of carbonyl (C=O) groups excluding carboxylic acids is 2. The van der Waals surface area contributed by atoms with Gasteiger partial charge >= 0.3 is 19.8 Å². The summed E-state index contributed by atoms with van der Waals surface area (Å²) in [6, 6.07) is 0. The first kappa shape index (κ1) is 61.3. The zero-order valence-electron chi connectivity index (χ0n) is 40.8. The number of allylic oxidation sites excluding steroid dienone is 4. The van der Waals surface area contributed by atoms with E-state index in [1.165, 1.54) is 135 Å². The molecule has 1 aliphatic carbocycles. The number of esters is 2. The van der Waals surface area contributed by atoms with Crippen molar-refractivity contribution in [1.29, 1.82) is 0 Å². The highest BCUT2D eigenvalue weighted by Crippen LogP contribution is 2.47. The summed E-state index contributed by atoms with van der Waals surface area (Å²) in [7, 11) is -5.12. The summed E-state index contributed by atoms with van der Waals surface area (Å²) in [6.07, 6.45) is 33.7. The summed E-state index contributed by atoms with van der Waals surface area (Å²) >= 11 is 0. The van der Waals surface area contributed by atoms with Crippen LogP contribution in [0.4, 0.5) is 0 Å². The lowest BCUT2D eigenvalue weighted by Crippen LogP contribution is -2.64. The normalized spacial score (nSPS) is 21.5. The highest BCUT2D eigenvalue weighted by atomic mass is 31.2. The first-order valence-corrected chi connectivity index (χ1v) is 27.7. The van der Waals surface area contributed by atoms with Gasteiger partial charge in [-0.15, -0.1) is 0 Å². The predicted octanol–water partition coefficient (Wildman–Crippen LogP) is 11.2. The lowest BCUT2D eigenvalue weighted by Gasteiger charge is -2.41. The predicted molar refractivity (Wildman–Crippen MR) is 258 cm³/mol. The fourth-order valence-corrected chi connectivity index (χ4v) is 9.08. The van der Waals surface area contributed by atoms with Crippen molar-refractivity contribution >= 4 is 19.8 Å². The van der Waals surface area contributed by atoms with Gasteiger partial charge < -0.3 is 39.9 Å². The molecule has 0 saturated heterocycles. The van der Waals surface area contributed by atoms with Gasteiger partial charge in [-0.2, -0.15) is 0 Å². The molecule has 1 aliphatic rings. The molecule has 0 radical (unpaired) electrons. The Morgan fingerprint density at radius 1 is 0.477 bits per heavy atom. The van der Waals surface area contributed by atoms with E-state index in [1.807, 2.05) is 0 Å². The molecule has 8 atom stereocenters. The van der Waals surface area contributed by atoms with Gasteiger partial charge in [0.1, 0.15) is 43.2 Å². The van der Waals surface area contributed by atoms with Crippen molar-refractivity contribution < 1.29 is 63.1 Å². The summed E-state index contributed by atoms with van der Waals surface area (Å²) in [5.41, 5.74) is 0. The van der Waals surface area contributed by atoms with E-state index < -0.39 is 75.7 Å². The number of hydrogen-bond donors (Lipinski definition) is 6. The Labute approximate surface area is 394 Å². The van der Waals surface area contributed by atoms with E-state index in [0.29, 0.717) is 12.8 Å². The molecule has 0 aromatic carbocycles. The maximum absolute atomic E-state index is 12.8. The van der Waals surface area contributed by atoms with Crippen LogP contribution in [0, 0.1) is 0 Å². The van der Waals surface area contributed by atoms with Crippen molar-refractivity contribution in [2.45, 2.75) is 275 Å². The molecule has 1 rings (SSSR count). The Hall–Kier alpha value is -1.67. The van der Waals surface area contributed by atoms with Crippen LogP contribution >= 0.6 is 7.82 Å². The highest BCUT2D eigenvalue weighted by Gasteiger charge is 2.51. The van der Waals surface area contributed by atoms with Gasteiger partial charge in [0.2, 0.25) is 0 Å². The summed E-state index contributed by atoms with van der Waals surface area (Å²) in [4.78, 5) is 35.8. The van der Waals surface area contributed by atoms with Gasteiger partial charge in [0.25, 0.3) is 0 Å². The maximum Gasteiger partial charge on any atom is 0.472 e. The first-order valence-electron chi connectivity index (χ1n) is 26.2. The zero-order valence-corrected chi connectivity index (χ0v) is 41.7. The Morgan fingerprint density at radius 3 is 1.23 bits per heavy atom. The maximum atomic E-state index is 12.8. The largest absolute Gasteiger partial charge is 0.472 e. The standard InChI is InChI=1S/C51H95O13P/c1-3-5-7-9-11-13-15-17-19-20-21-22-23-24-26-27-29-31-33-35-37-39-44(52)61-41-43(42-62-65(59,60)64-51-49(57)47(55)46(54)48(56)50(51)58)63-45(53)40-38-36-34-32-30-28-25-18-16-14-12-10-8-6-4-2/h14,16,18,25,43,46-51,54-58H,3-13,15,17,19-24,26-42H2,1-2H3,(H,59,60)/b16-14+,25-18+/t43-,46?,47-,48?,49?,50?,51?/m0/s1. The van der Waals surface area contributed by atoms with Gasteiger partial charge in [-0.1, -0.05) is 205 Å². The zero-order chi connectivity index (χ0) is 47.8. The quantitative estimate of drug-likeness (QED) is 0.0146. The van der Waals surface area contributed by atoms with E-state index in [-0.39, 0.29) is 12.8 Å². The van der Waals surface area contributed by atoms with Gasteiger partial charge in [0, 0.05) is 12.8 Å². The van der Waals surface area contributed by atoms with Crippen molar-refractivity contribution in [1.82, 2.24) is 0 Å². The van der Waals surface area contributed by atoms with E-state index >= 15 is 0 Å². The number of hydrogen-bond acceptors (Lipinski definition) is 12. The van der Waals surface area contributed by atoms with Gasteiger partial charge in [-0.05, 0) is 38.5 Å². The minimum atomic E-state index is -5.12. The molecule has 0 bridgehead atoms. The SMILES string of the molecule is CCCCCC/C=C/C=C/CCCCCCCC(=O)O[C@@H](COC(=O)CCCCCCCCCCCCCCCCCCCCCCC)COP(=O)(O)OC1C(O)C(O)C(O)[C@H](O)C1O. The number of ether oxygens (including phenoxy) is 2. The molecule has 0 amide bonds. The van der Waals surface area contributed by atoms with Gasteiger partial charge in [0.05, 0.1) is 6.61 Å². The van der Waals surface area contributed by atoms with Crippen molar-refractivity contribution in [3.63, 3.8) is 0 Å². The second-order valence-corrected chi connectivity index (χ2v) is 19.8. The van der Waals surface area contributed by atoms with Crippen LogP contribution in [-0.4, -0.2) is 98.3 Å². The Bertz CT molecular complexity index is 1230. The molecule has 0 heterocycles. The minimum Gasteiger partial charge on any atom is -0.462 e. The molecule has 0 aromatic rings. The number of carbonyl (C=O) groups is 2. The molecule has 1 fully saturated rings. The van der Waals surface area contributed by atoms with E-state index in [2.05, 4.69) is 38.2 Å². The van der Waals surface area contributed by atoms with E-state index in [9.17, 15) is 44.6 Å². The van der Waals surface area contributed by atoms with E-state index in [0.717, 1.165) is 57.8 Å². The summed E-state index contributed by atoms with van der Waals surface area (Å²) in [5.74, 6) is -1.11. The molecule has 6 N–H and O–H groups in total. The topological polar surface area (TPSA) is 210 Å². The number of phosphoric acid groups is 1. The fraction of sp³-hybridized carbons (Fsp3) is 0.882. The Kier molecular flexibility index (Phi) is 39.0. The first-order chi connectivity index (χ1) is 31.4. The number of rotatable bonds is 44. The van der Waals surface area contributed by atoms with Crippen molar-refractivity contribution in [2.75, 3.05) is 13.2 Å². The van der Waals surface area contributed by atoms with Crippen LogP contribution in [0.5, 0.6) is 0 Å². The molecular weight excluding hydrogens is 852 g/mol. The van der Waals surface area contributed by atoms with Crippen LogP contribution in [-0.2, 0) is 32.7 Å². The molecule has 14 heteroatoms. The van der Waals surface area contributed by atoms with E-state index in [4.69, 9.17) is 18.5 Å². The van der Waals surface area contributed by atoms with Crippen LogP contribution in [0.25, 0.3) is 0 Å². The third-order valence-corrected chi connectivity index (χ3v) is 13.3. The lowest BCUT2D eigenvalue weighted by atomic mass is 9.85. The molecule has 382 valence electrons. The van der Waals surface area contributed by atoms with E-state index in [1.54, 1.807) is 0 Å². The number of aliphatic hydroxyl groups is 5. The average Bonchev–Trinajstić information content (AvgIpc) is 3.29. The smallest absolute Gasteiger partial charge is 0.462 e. The molecule has 1 saturated carbocycles. The third kappa shape index (κ3) is 33.5.